The van der Waals surface area contributed by atoms with Gasteiger partial charge in [0.05, 0.1) is 12.5 Å². The molecule has 1 aliphatic heterocycles. The molecule has 0 aromatic heterocycles. The van der Waals surface area contributed by atoms with Crippen molar-refractivity contribution >= 4 is 17.9 Å². The number of hydrogen-bond acceptors (Lipinski definition) is 4. The van der Waals surface area contributed by atoms with Gasteiger partial charge in [0.2, 0.25) is 5.91 Å². The van der Waals surface area contributed by atoms with Crippen LogP contribution in [0.25, 0.3) is 0 Å². The number of carbonyl (C=O) groups excluding carboxylic acids is 2. The smallest absolute Gasteiger partial charge is 0.326 e. The van der Waals surface area contributed by atoms with Crippen molar-refractivity contribution in [1.82, 2.24) is 10.6 Å². The van der Waals surface area contributed by atoms with Gasteiger partial charge in [0, 0.05) is 13.2 Å². The van der Waals surface area contributed by atoms with E-state index in [0.29, 0.717) is 13.2 Å². The van der Waals surface area contributed by atoms with E-state index in [4.69, 9.17) is 15.6 Å². The van der Waals surface area contributed by atoms with Crippen molar-refractivity contribution in [3.63, 3.8) is 0 Å². The van der Waals surface area contributed by atoms with E-state index in [1.807, 2.05) is 0 Å². The van der Waals surface area contributed by atoms with Gasteiger partial charge in [-0.2, -0.15) is 0 Å². The first-order valence-corrected chi connectivity index (χ1v) is 6.16. The third kappa shape index (κ3) is 6.05. The van der Waals surface area contributed by atoms with Crippen LogP contribution in [0.15, 0.2) is 0 Å². The molecular weight excluding hydrogens is 254 g/mol. The zero-order chi connectivity index (χ0) is 14.3. The van der Waals surface area contributed by atoms with E-state index in [1.165, 1.54) is 0 Å². The van der Waals surface area contributed by atoms with Gasteiger partial charge < -0.3 is 26.2 Å². The number of nitrogens with one attached hydrogen (secondary N) is 2. The van der Waals surface area contributed by atoms with Gasteiger partial charge in [-0.25, -0.2) is 9.59 Å². The van der Waals surface area contributed by atoms with Gasteiger partial charge in [0.15, 0.2) is 0 Å². The molecule has 108 valence electrons. The predicted molar refractivity (Wildman–Crippen MR) is 65.4 cm³/mol. The van der Waals surface area contributed by atoms with Crippen molar-refractivity contribution in [2.45, 2.75) is 37.8 Å². The summed E-state index contributed by atoms with van der Waals surface area (Å²) < 4.78 is 5.41. The molecule has 0 aliphatic carbocycles. The Morgan fingerprint density at radius 3 is 2.63 bits per heavy atom. The number of rotatable bonds is 6. The minimum absolute atomic E-state index is 0.0427. The largest absolute Gasteiger partial charge is 0.480 e. The van der Waals surface area contributed by atoms with Crippen LogP contribution in [-0.4, -0.2) is 48.3 Å². The van der Waals surface area contributed by atoms with E-state index in [9.17, 15) is 14.4 Å². The molecule has 0 aromatic carbocycles. The molecule has 1 aliphatic rings. The van der Waals surface area contributed by atoms with Crippen LogP contribution in [0.1, 0.15) is 25.7 Å². The van der Waals surface area contributed by atoms with Crippen molar-refractivity contribution in [3.05, 3.63) is 0 Å². The summed E-state index contributed by atoms with van der Waals surface area (Å²) in [6.07, 6.45) is 2.45. The van der Waals surface area contributed by atoms with Crippen molar-refractivity contribution < 1.29 is 24.2 Å². The number of hydrogen-bond donors (Lipinski definition) is 4. The van der Waals surface area contributed by atoms with Gasteiger partial charge in [-0.15, -0.1) is 0 Å². The first-order valence-electron chi connectivity index (χ1n) is 6.16. The number of ether oxygens (including phenoxy) is 1. The molecular formula is C11H19N3O5. The van der Waals surface area contributed by atoms with Gasteiger partial charge in [-0.3, -0.25) is 4.79 Å². The highest BCUT2D eigenvalue weighted by molar-refractivity contribution is 5.87. The zero-order valence-corrected chi connectivity index (χ0v) is 10.6. The highest BCUT2D eigenvalue weighted by atomic mass is 16.5. The maximum atomic E-state index is 11.5. The van der Waals surface area contributed by atoms with Crippen LogP contribution in [0.5, 0.6) is 0 Å². The Kier molecular flexibility index (Phi) is 6.07. The van der Waals surface area contributed by atoms with Crippen LogP contribution in [0.2, 0.25) is 0 Å². The quantitative estimate of drug-likeness (QED) is 0.502. The van der Waals surface area contributed by atoms with Crippen molar-refractivity contribution in [1.29, 1.82) is 0 Å². The molecule has 0 radical (unpaired) electrons. The molecule has 1 rings (SSSR count). The summed E-state index contributed by atoms with van der Waals surface area (Å²) in [5.74, 6) is -2.09. The second kappa shape index (κ2) is 7.57. The van der Waals surface area contributed by atoms with Crippen LogP contribution in [0.4, 0.5) is 4.79 Å². The Bertz CT molecular complexity index is 341. The molecule has 8 heteroatoms. The number of carboxylic acid groups (broad SMARTS) is 1. The Balaban J connectivity index is 2.31. The van der Waals surface area contributed by atoms with Gasteiger partial charge in [-0.1, -0.05) is 0 Å². The molecule has 0 aromatic rings. The molecule has 0 spiro atoms. The van der Waals surface area contributed by atoms with Crippen LogP contribution < -0.4 is 16.4 Å². The predicted octanol–water partition coefficient (Wildman–Crippen LogP) is -0.817. The third-order valence-electron chi connectivity index (χ3n) is 2.77. The average molecular weight is 273 g/mol. The number of urea groups is 1. The maximum absolute atomic E-state index is 11.5. The molecule has 1 saturated heterocycles. The average Bonchev–Trinajstić information content (AvgIpc) is 2.36. The van der Waals surface area contributed by atoms with E-state index in [2.05, 4.69) is 10.6 Å². The lowest BCUT2D eigenvalue weighted by atomic mass is 10.1. The maximum Gasteiger partial charge on any atom is 0.326 e. The summed E-state index contributed by atoms with van der Waals surface area (Å²) in [7, 11) is 0. The van der Waals surface area contributed by atoms with Crippen LogP contribution >= 0.6 is 0 Å². The van der Waals surface area contributed by atoms with Gasteiger partial charge in [-0.05, 0) is 19.3 Å². The molecule has 19 heavy (non-hydrogen) atoms. The lowest BCUT2D eigenvalue weighted by molar-refractivity contribution is -0.140. The summed E-state index contributed by atoms with van der Waals surface area (Å²) in [4.78, 5) is 33.0. The molecule has 1 unspecified atom stereocenters. The lowest BCUT2D eigenvalue weighted by Crippen LogP contribution is -2.49. The molecule has 1 heterocycles. The summed E-state index contributed by atoms with van der Waals surface area (Å²) in [5.41, 5.74) is 4.90. The normalized spacial score (nSPS) is 20.3. The van der Waals surface area contributed by atoms with E-state index < -0.39 is 30.4 Å². The third-order valence-corrected chi connectivity index (χ3v) is 2.77. The summed E-state index contributed by atoms with van der Waals surface area (Å²) in [6.45, 7) is 0.988. The summed E-state index contributed by atoms with van der Waals surface area (Å²) >= 11 is 0. The lowest BCUT2D eigenvalue weighted by Gasteiger charge is -2.23. The second-order valence-corrected chi connectivity index (χ2v) is 4.40. The number of aliphatic carboxylic acids is 1. The fourth-order valence-corrected chi connectivity index (χ4v) is 1.79. The molecule has 0 bridgehead atoms. The van der Waals surface area contributed by atoms with Gasteiger partial charge in [0.25, 0.3) is 0 Å². The summed E-state index contributed by atoms with van der Waals surface area (Å²) in [6, 6.07) is -1.97. The monoisotopic (exact) mass is 273 g/mol. The van der Waals surface area contributed by atoms with E-state index >= 15 is 0 Å². The SMILES string of the molecule is NC(=O)C[C@@H](NC(=O)NCC1CCCCO1)C(=O)O. The number of primary amides is 1. The first-order chi connectivity index (χ1) is 8.99. The Hall–Kier alpha value is -1.83. The Labute approximate surface area is 110 Å². The standard InChI is InChI=1S/C11H19N3O5/c12-9(15)5-8(10(16)17)14-11(18)13-6-7-3-1-2-4-19-7/h7-8H,1-6H2,(H2,12,15)(H,16,17)(H2,13,14,18)/t7?,8-/m1/s1. The molecule has 5 N–H and O–H groups in total. The first kappa shape index (κ1) is 15.2. The molecule has 2 atom stereocenters. The fraction of sp³-hybridized carbons (Fsp3) is 0.727. The van der Waals surface area contributed by atoms with Crippen molar-refractivity contribution in [2.75, 3.05) is 13.2 Å². The number of nitrogens with two attached hydrogens (primary N) is 1. The topological polar surface area (TPSA) is 131 Å². The number of amides is 3. The van der Waals surface area contributed by atoms with Crippen LogP contribution in [-0.2, 0) is 14.3 Å². The van der Waals surface area contributed by atoms with Crippen LogP contribution in [0.3, 0.4) is 0 Å². The van der Waals surface area contributed by atoms with Gasteiger partial charge >= 0.3 is 12.0 Å². The highest BCUT2D eigenvalue weighted by Gasteiger charge is 2.22. The molecule has 0 saturated carbocycles. The molecule has 8 nitrogen and oxygen atoms in total. The number of carbonyl (C=O) groups is 3. The molecule has 1 fully saturated rings. The second-order valence-electron chi connectivity index (χ2n) is 4.40. The Morgan fingerprint density at radius 1 is 1.37 bits per heavy atom. The minimum Gasteiger partial charge on any atom is -0.480 e. The Morgan fingerprint density at radius 2 is 2.11 bits per heavy atom. The highest BCUT2D eigenvalue weighted by Crippen LogP contribution is 2.11. The van der Waals surface area contributed by atoms with Crippen molar-refractivity contribution in [3.8, 4) is 0 Å². The van der Waals surface area contributed by atoms with E-state index in [1.54, 1.807) is 0 Å². The summed E-state index contributed by atoms with van der Waals surface area (Å²) in [5, 5.41) is 13.5. The van der Waals surface area contributed by atoms with Gasteiger partial charge in [0.1, 0.15) is 6.04 Å². The zero-order valence-electron chi connectivity index (χ0n) is 10.6. The van der Waals surface area contributed by atoms with E-state index in [0.717, 1.165) is 19.3 Å². The van der Waals surface area contributed by atoms with Crippen molar-refractivity contribution in [2.24, 2.45) is 5.73 Å². The molecule has 3 amide bonds. The van der Waals surface area contributed by atoms with E-state index in [-0.39, 0.29) is 6.10 Å². The fourth-order valence-electron chi connectivity index (χ4n) is 1.79. The number of carboxylic acids is 1. The van der Waals surface area contributed by atoms with Crippen LogP contribution in [0, 0.1) is 0 Å². The minimum atomic E-state index is -1.32.